The highest BCUT2D eigenvalue weighted by molar-refractivity contribution is 7.13. The first-order valence-electron chi connectivity index (χ1n) is 8.83. The molecular formula is C19H21N5OS. The smallest absolute Gasteiger partial charge is 0.291 e. The Labute approximate surface area is 156 Å². The summed E-state index contributed by atoms with van der Waals surface area (Å²) in [7, 11) is 0. The van der Waals surface area contributed by atoms with Crippen LogP contribution in [-0.2, 0) is 0 Å². The lowest BCUT2D eigenvalue weighted by atomic mass is 9.92. The van der Waals surface area contributed by atoms with Gasteiger partial charge in [-0.1, -0.05) is 24.3 Å². The fourth-order valence-corrected chi connectivity index (χ4v) is 3.93. The van der Waals surface area contributed by atoms with Crippen molar-refractivity contribution in [2.45, 2.75) is 37.8 Å². The third kappa shape index (κ3) is 3.54. The summed E-state index contributed by atoms with van der Waals surface area (Å²) in [5, 5.41) is 9.55. The zero-order chi connectivity index (χ0) is 17.9. The molecule has 1 aliphatic carbocycles. The summed E-state index contributed by atoms with van der Waals surface area (Å²) in [6.45, 7) is 0. The third-order valence-corrected chi connectivity index (χ3v) is 5.53. The largest absolute Gasteiger partial charge is 0.347 e. The lowest BCUT2D eigenvalue weighted by molar-refractivity contribution is 0.0915. The van der Waals surface area contributed by atoms with Gasteiger partial charge >= 0.3 is 0 Å². The summed E-state index contributed by atoms with van der Waals surface area (Å²) in [6, 6.07) is 14.1. The molecule has 2 heterocycles. The van der Waals surface area contributed by atoms with Crippen LogP contribution < -0.4 is 11.1 Å². The van der Waals surface area contributed by atoms with E-state index in [-0.39, 0.29) is 23.8 Å². The molecular weight excluding hydrogens is 346 g/mol. The van der Waals surface area contributed by atoms with Crippen LogP contribution in [0.2, 0.25) is 0 Å². The van der Waals surface area contributed by atoms with Crippen LogP contribution in [0.4, 0.5) is 0 Å². The zero-order valence-electron chi connectivity index (χ0n) is 14.3. The quantitative estimate of drug-likeness (QED) is 0.742. The van der Waals surface area contributed by atoms with Crippen molar-refractivity contribution in [3.05, 3.63) is 53.7 Å². The standard InChI is InChI=1S/C19H21N5OS/c20-13-8-10-14(11-9-13)21-19(25)17-22-18(16-7-4-12-26-16)24(23-17)15-5-2-1-3-6-15/h1-7,12-14H,8-11,20H2,(H,21,25). The van der Waals surface area contributed by atoms with Crippen molar-refractivity contribution in [1.29, 1.82) is 0 Å². The Balaban J connectivity index is 1.62. The van der Waals surface area contributed by atoms with E-state index in [1.165, 1.54) is 0 Å². The van der Waals surface area contributed by atoms with E-state index in [9.17, 15) is 4.79 Å². The van der Waals surface area contributed by atoms with Crippen molar-refractivity contribution >= 4 is 17.2 Å². The maximum atomic E-state index is 12.7. The van der Waals surface area contributed by atoms with E-state index in [1.54, 1.807) is 16.0 Å². The van der Waals surface area contributed by atoms with Gasteiger partial charge in [0.25, 0.3) is 5.91 Å². The molecule has 134 valence electrons. The highest BCUT2D eigenvalue weighted by Crippen LogP contribution is 2.25. The number of amides is 1. The maximum Gasteiger partial charge on any atom is 0.291 e. The van der Waals surface area contributed by atoms with Crippen molar-refractivity contribution in [3.8, 4) is 16.4 Å². The molecule has 1 fully saturated rings. The number of thiophene rings is 1. The van der Waals surface area contributed by atoms with Crippen LogP contribution in [0.25, 0.3) is 16.4 Å². The minimum absolute atomic E-state index is 0.149. The Morgan fingerprint density at radius 3 is 2.58 bits per heavy atom. The molecule has 3 N–H and O–H groups in total. The lowest BCUT2D eigenvalue weighted by Crippen LogP contribution is -2.40. The average Bonchev–Trinajstić information content (AvgIpc) is 3.34. The molecule has 26 heavy (non-hydrogen) atoms. The molecule has 0 saturated heterocycles. The van der Waals surface area contributed by atoms with Gasteiger partial charge in [-0.25, -0.2) is 9.67 Å². The van der Waals surface area contributed by atoms with Gasteiger partial charge in [0.2, 0.25) is 5.82 Å². The number of rotatable bonds is 4. The topological polar surface area (TPSA) is 85.8 Å². The number of carbonyl (C=O) groups excluding carboxylic acids is 1. The second-order valence-corrected chi connectivity index (χ2v) is 7.52. The number of nitrogens with two attached hydrogens (primary N) is 1. The Bertz CT molecular complexity index is 867. The SMILES string of the molecule is NC1CCC(NC(=O)c2nc(-c3cccs3)n(-c3ccccc3)n2)CC1. The molecule has 0 radical (unpaired) electrons. The first kappa shape index (κ1) is 16.9. The van der Waals surface area contributed by atoms with Gasteiger partial charge in [0, 0.05) is 12.1 Å². The minimum Gasteiger partial charge on any atom is -0.347 e. The molecule has 1 amide bonds. The number of para-hydroxylation sites is 1. The van der Waals surface area contributed by atoms with E-state index in [0.29, 0.717) is 5.82 Å². The predicted molar refractivity (Wildman–Crippen MR) is 102 cm³/mol. The number of carbonyl (C=O) groups is 1. The molecule has 4 rings (SSSR count). The van der Waals surface area contributed by atoms with Crippen molar-refractivity contribution in [3.63, 3.8) is 0 Å². The first-order chi connectivity index (χ1) is 12.7. The third-order valence-electron chi connectivity index (χ3n) is 4.66. The Kier molecular flexibility index (Phi) is 4.81. The Morgan fingerprint density at radius 1 is 1.12 bits per heavy atom. The van der Waals surface area contributed by atoms with Gasteiger partial charge in [-0.3, -0.25) is 4.79 Å². The molecule has 1 aromatic carbocycles. The molecule has 0 bridgehead atoms. The number of benzene rings is 1. The van der Waals surface area contributed by atoms with Crippen molar-refractivity contribution in [2.24, 2.45) is 5.73 Å². The average molecular weight is 367 g/mol. The molecule has 3 aromatic rings. The van der Waals surface area contributed by atoms with E-state index >= 15 is 0 Å². The number of nitrogens with one attached hydrogen (secondary N) is 1. The van der Waals surface area contributed by atoms with Gasteiger partial charge < -0.3 is 11.1 Å². The molecule has 0 unspecified atom stereocenters. The first-order valence-corrected chi connectivity index (χ1v) is 9.71. The number of hydrogen-bond acceptors (Lipinski definition) is 5. The van der Waals surface area contributed by atoms with E-state index in [1.807, 2.05) is 47.8 Å². The van der Waals surface area contributed by atoms with Crippen LogP contribution in [0.5, 0.6) is 0 Å². The lowest BCUT2D eigenvalue weighted by Gasteiger charge is -2.26. The fraction of sp³-hybridized carbons (Fsp3) is 0.316. The summed E-state index contributed by atoms with van der Waals surface area (Å²) in [4.78, 5) is 18.2. The van der Waals surface area contributed by atoms with Crippen molar-refractivity contribution in [1.82, 2.24) is 20.1 Å². The molecule has 7 heteroatoms. The molecule has 0 spiro atoms. The monoisotopic (exact) mass is 367 g/mol. The van der Waals surface area contributed by atoms with Crippen LogP contribution in [0.1, 0.15) is 36.3 Å². The van der Waals surface area contributed by atoms with Gasteiger partial charge in [0.1, 0.15) is 0 Å². The maximum absolute atomic E-state index is 12.7. The summed E-state index contributed by atoms with van der Waals surface area (Å²) in [5.41, 5.74) is 6.82. The fourth-order valence-electron chi connectivity index (χ4n) is 3.24. The van der Waals surface area contributed by atoms with Crippen molar-refractivity contribution in [2.75, 3.05) is 0 Å². The highest BCUT2D eigenvalue weighted by atomic mass is 32.1. The number of hydrogen-bond donors (Lipinski definition) is 2. The highest BCUT2D eigenvalue weighted by Gasteiger charge is 2.24. The van der Waals surface area contributed by atoms with Crippen molar-refractivity contribution < 1.29 is 4.79 Å². The van der Waals surface area contributed by atoms with Crippen LogP contribution in [0, 0.1) is 0 Å². The summed E-state index contributed by atoms with van der Waals surface area (Å²) in [6.07, 6.45) is 3.70. The van der Waals surface area contributed by atoms with Gasteiger partial charge in [0.05, 0.1) is 10.6 Å². The molecule has 6 nitrogen and oxygen atoms in total. The predicted octanol–water partition coefficient (Wildman–Crippen LogP) is 3.00. The van der Waals surface area contributed by atoms with Crippen LogP contribution in [0.15, 0.2) is 47.8 Å². The van der Waals surface area contributed by atoms with E-state index < -0.39 is 0 Å². The molecule has 1 saturated carbocycles. The second kappa shape index (κ2) is 7.39. The number of aromatic nitrogens is 3. The van der Waals surface area contributed by atoms with E-state index in [0.717, 1.165) is 36.2 Å². The summed E-state index contributed by atoms with van der Waals surface area (Å²) < 4.78 is 1.73. The molecule has 1 aliphatic rings. The van der Waals surface area contributed by atoms with Gasteiger partial charge in [-0.15, -0.1) is 16.4 Å². The van der Waals surface area contributed by atoms with Gasteiger partial charge in [-0.05, 0) is 49.3 Å². The second-order valence-electron chi connectivity index (χ2n) is 6.57. The normalized spacial score (nSPS) is 20.0. The van der Waals surface area contributed by atoms with E-state index in [2.05, 4.69) is 15.4 Å². The molecule has 0 aliphatic heterocycles. The van der Waals surface area contributed by atoms with Gasteiger partial charge in [0.15, 0.2) is 5.82 Å². The van der Waals surface area contributed by atoms with E-state index in [4.69, 9.17) is 5.73 Å². The zero-order valence-corrected chi connectivity index (χ0v) is 15.2. The van der Waals surface area contributed by atoms with Crippen LogP contribution in [-0.4, -0.2) is 32.8 Å². The van der Waals surface area contributed by atoms with Crippen LogP contribution in [0.3, 0.4) is 0 Å². The molecule has 2 aromatic heterocycles. The van der Waals surface area contributed by atoms with Crippen LogP contribution >= 0.6 is 11.3 Å². The Morgan fingerprint density at radius 2 is 1.88 bits per heavy atom. The summed E-state index contributed by atoms with van der Waals surface area (Å²) in [5.74, 6) is 0.659. The summed E-state index contributed by atoms with van der Waals surface area (Å²) >= 11 is 1.58. The number of nitrogens with zero attached hydrogens (tertiary/aromatic N) is 3. The Hall–Kier alpha value is -2.51. The molecule has 0 atom stereocenters. The minimum atomic E-state index is -0.224. The van der Waals surface area contributed by atoms with Gasteiger partial charge in [-0.2, -0.15) is 0 Å².